The predicted octanol–water partition coefficient (Wildman–Crippen LogP) is 4.57. The highest BCUT2D eigenvalue weighted by atomic mass is 16.5. The zero-order chi connectivity index (χ0) is 17.8. The number of esters is 1. The van der Waals surface area contributed by atoms with Crippen LogP contribution in [-0.2, 0) is 4.79 Å². The Morgan fingerprint density at radius 3 is 2.20 bits per heavy atom. The Hall–Kier alpha value is -3.01. The Morgan fingerprint density at radius 2 is 1.44 bits per heavy atom. The molecule has 0 aliphatic rings. The molecule has 0 unspecified atom stereocenters. The van der Waals surface area contributed by atoms with Gasteiger partial charge in [-0.1, -0.05) is 30.3 Å². The van der Waals surface area contributed by atoms with E-state index in [1.165, 1.54) is 0 Å². The van der Waals surface area contributed by atoms with Crippen LogP contribution >= 0.6 is 0 Å². The van der Waals surface area contributed by atoms with Gasteiger partial charge in [0.05, 0.1) is 20.1 Å². The van der Waals surface area contributed by atoms with Gasteiger partial charge in [-0.25, -0.2) is 0 Å². The van der Waals surface area contributed by atoms with Crippen LogP contribution in [0.1, 0.15) is 18.4 Å². The van der Waals surface area contributed by atoms with Crippen LogP contribution < -0.4 is 14.2 Å². The molecule has 0 heterocycles. The van der Waals surface area contributed by atoms with Gasteiger partial charge >= 0.3 is 5.97 Å². The van der Waals surface area contributed by atoms with E-state index in [9.17, 15) is 4.79 Å². The molecule has 4 nitrogen and oxygen atoms in total. The molecule has 3 aromatic carbocycles. The lowest BCUT2D eigenvalue weighted by molar-refractivity contribution is -0.135. The van der Waals surface area contributed by atoms with Gasteiger partial charge in [-0.15, -0.1) is 0 Å². The Labute approximate surface area is 146 Å². The molecule has 3 aromatic rings. The molecule has 0 aliphatic heterocycles. The van der Waals surface area contributed by atoms with Gasteiger partial charge in [-0.3, -0.25) is 4.79 Å². The van der Waals surface area contributed by atoms with E-state index in [2.05, 4.69) is 0 Å². The minimum Gasteiger partial charge on any atom is -0.497 e. The first-order valence-corrected chi connectivity index (χ1v) is 8.04. The molecule has 3 rings (SSSR count). The Kier molecular flexibility index (Phi) is 4.89. The topological polar surface area (TPSA) is 44.8 Å². The monoisotopic (exact) mass is 336 g/mol. The lowest BCUT2D eigenvalue weighted by Gasteiger charge is -2.13. The Morgan fingerprint density at radius 1 is 0.800 bits per heavy atom. The quantitative estimate of drug-likeness (QED) is 0.506. The molecule has 0 saturated carbocycles. The fourth-order valence-corrected chi connectivity index (χ4v) is 2.64. The average molecular weight is 336 g/mol. The van der Waals surface area contributed by atoms with Crippen LogP contribution in [0.2, 0.25) is 0 Å². The molecule has 0 spiro atoms. The molecule has 0 saturated heterocycles. The van der Waals surface area contributed by atoms with Gasteiger partial charge in [0.1, 0.15) is 17.2 Å². The highest BCUT2D eigenvalue weighted by molar-refractivity contribution is 5.87. The van der Waals surface area contributed by atoms with Crippen molar-refractivity contribution < 1.29 is 19.0 Å². The van der Waals surface area contributed by atoms with Crippen LogP contribution in [0.5, 0.6) is 17.2 Å². The summed E-state index contributed by atoms with van der Waals surface area (Å²) in [5.74, 6) is 1.25. The van der Waals surface area contributed by atoms with Gasteiger partial charge in [0.25, 0.3) is 0 Å². The van der Waals surface area contributed by atoms with Crippen molar-refractivity contribution in [1.29, 1.82) is 0 Å². The molecule has 0 N–H and O–H groups in total. The fourth-order valence-electron chi connectivity index (χ4n) is 2.64. The van der Waals surface area contributed by atoms with E-state index in [-0.39, 0.29) is 11.9 Å². The molecule has 0 aliphatic carbocycles. The molecule has 0 fully saturated rings. The van der Waals surface area contributed by atoms with Crippen LogP contribution in [0, 0.1) is 0 Å². The van der Waals surface area contributed by atoms with E-state index in [4.69, 9.17) is 14.2 Å². The van der Waals surface area contributed by atoms with Crippen LogP contribution in [0.25, 0.3) is 10.8 Å². The molecule has 25 heavy (non-hydrogen) atoms. The lowest BCUT2D eigenvalue weighted by atomic mass is 9.98. The summed E-state index contributed by atoms with van der Waals surface area (Å²) in [5.41, 5.74) is 0.908. The second-order valence-electron chi connectivity index (χ2n) is 5.79. The molecular formula is C21H20O4. The Balaban J connectivity index is 1.80. The molecule has 0 amide bonds. The largest absolute Gasteiger partial charge is 0.497 e. The van der Waals surface area contributed by atoms with Crippen molar-refractivity contribution in [1.82, 2.24) is 0 Å². The summed E-state index contributed by atoms with van der Waals surface area (Å²) in [4.78, 5) is 12.5. The number of benzene rings is 3. The van der Waals surface area contributed by atoms with Crippen molar-refractivity contribution in [3.8, 4) is 17.2 Å². The van der Waals surface area contributed by atoms with Gasteiger partial charge < -0.3 is 14.2 Å². The second-order valence-corrected chi connectivity index (χ2v) is 5.79. The number of hydrogen-bond donors (Lipinski definition) is 0. The van der Waals surface area contributed by atoms with E-state index in [1.54, 1.807) is 38.5 Å². The van der Waals surface area contributed by atoms with Crippen molar-refractivity contribution in [3.63, 3.8) is 0 Å². The predicted molar refractivity (Wildman–Crippen MR) is 97.5 cm³/mol. The minimum absolute atomic E-state index is 0.305. The van der Waals surface area contributed by atoms with Crippen LogP contribution in [0.15, 0.2) is 60.7 Å². The first-order valence-electron chi connectivity index (χ1n) is 8.04. The minimum atomic E-state index is -0.377. The first-order chi connectivity index (χ1) is 12.1. The van der Waals surface area contributed by atoms with Crippen molar-refractivity contribution in [2.75, 3.05) is 14.2 Å². The second kappa shape index (κ2) is 7.26. The van der Waals surface area contributed by atoms with Crippen LogP contribution in [0.4, 0.5) is 0 Å². The maximum absolute atomic E-state index is 12.5. The average Bonchev–Trinajstić information content (AvgIpc) is 2.66. The number of carbonyl (C=O) groups is 1. The molecule has 0 aromatic heterocycles. The normalized spacial score (nSPS) is 11.8. The zero-order valence-electron chi connectivity index (χ0n) is 14.5. The maximum atomic E-state index is 12.5. The van der Waals surface area contributed by atoms with Crippen LogP contribution in [0.3, 0.4) is 0 Å². The van der Waals surface area contributed by atoms with Crippen molar-refractivity contribution in [2.45, 2.75) is 12.8 Å². The van der Waals surface area contributed by atoms with Crippen molar-refractivity contribution in [2.24, 2.45) is 0 Å². The number of hydrogen-bond acceptors (Lipinski definition) is 4. The summed E-state index contributed by atoms with van der Waals surface area (Å²) < 4.78 is 15.9. The molecular weight excluding hydrogens is 316 g/mol. The molecule has 128 valence electrons. The number of ether oxygens (including phenoxy) is 3. The third-order valence-corrected chi connectivity index (χ3v) is 4.18. The van der Waals surface area contributed by atoms with Gasteiger partial charge in [0.15, 0.2) is 0 Å². The van der Waals surface area contributed by atoms with E-state index < -0.39 is 0 Å². The summed E-state index contributed by atoms with van der Waals surface area (Å²) in [6.45, 7) is 1.84. The van der Waals surface area contributed by atoms with E-state index in [0.717, 1.165) is 22.1 Å². The highest BCUT2D eigenvalue weighted by Crippen LogP contribution is 2.27. The van der Waals surface area contributed by atoms with Crippen molar-refractivity contribution in [3.05, 3.63) is 66.2 Å². The standard InChI is InChI=1S/C21H20O4/c1-14(21(22)25-20-6-4-5-18(13-20)23-2)15-7-8-17-12-19(24-3)10-9-16(17)11-15/h4-14H,1-3H3/t14-/m1/s1. The summed E-state index contributed by atoms with van der Waals surface area (Å²) in [6, 6.07) is 18.8. The smallest absolute Gasteiger partial charge is 0.318 e. The summed E-state index contributed by atoms with van der Waals surface area (Å²) in [6.07, 6.45) is 0. The molecule has 4 heteroatoms. The molecule has 0 bridgehead atoms. The highest BCUT2D eigenvalue weighted by Gasteiger charge is 2.18. The molecule has 1 atom stereocenters. The first kappa shape index (κ1) is 16.8. The third kappa shape index (κ3) is 3.74. The lowest BCUT2D eigenvalue weighted by Crippen LogP contribution is -2.16. The maximum Gasteiger partial charge on any atom is 0.318 e. The van der Waals surface area contributed by atoms with Gasteiger partial charge in [-0.2, -0.15) is 0 Å². The molecule has 0 radical (unpaired) electrons. The van der Waals surface area contributed by atoms with Gasteiger partial charge in [0.2, 0.25) is 0 Å². The van der Waals surface area contributed by atoms with Crippen LogP contribution in [-0.4, -0.2) is 20.2 Å². The number of rotatable bonds is 5. The summed E-state index contributed by atoms with van der Waals surface area (Å²) >= 11 is 0. The number of carbonyl (C=O) groups excluding carboxylic acids is 1. The van der Waals surface area contributed by atoms with E-state index >= 15 is 0 Å². The fraction of sp³-hybridized carbons (Fsp3) is 0.190. The van der Waals surface area contributed by atoms with Gasteiger partial charge in [-0.05, 0) is 47.5 Å². The van der Waals surface area contributed by atoms with Gasteiger partial charge in [0, 0.05) is 6.07 Å². The third-order valence-electron chi connectivity index (χ3n) is 4.18. The SMILES string of the molecule is COc1cccc(OC(=O)[C@H](C)c2ccc3cc(OC)ccc3c2)c1. The van der Waals surface area contributed by atoms with E-state index in [0.29, 0.717) is 11.5 Å². The number of methoxy groups -OCH3 is 2. The van der Waals surface area contributed by atoms with E-state index in [1.807, 2.05) is 43.3 Å². The van der Waals surface area contributed by atoms with Crippen molar-refractivity contribution >= 4 is 16.7 Å². The zero-order valence-corrected chi connectivity index (χ0v) is 14.5. The number of fused-ring (bicyclic) bond motifs is 1. The summed E-state index contributed by atoms with van der Waals surface area (Å²) in [7, 11) is 3.22. The summed E-state index contributed by atoms with van der Waals surface area (Å²) in [5, 5.41) is 2.12. The Bertz CT molecular complexity index is 901.